The fourth-order valence-electron chi connectivity index (χ4n) is 5.52. The lowest BCUT2D eigenvalue weighted by molar-refractivity contribution is -0.126. The van der Waals surface area contributed by atoms with Crippen LogP contribution in [-0.2, 0) is 9.59 Å². The Bertz CT molecular complexity index is 812. The third-order valence-corrected chi connectivity index (χ3v) is 7.10. The molecule has 3 saturated heterocycles. The van der Waals surface area contributed by atoms with Gasteiger partial charge >= 0.3 is 0 Å². The summed E-state index contributed by atoms with van der Waals surface area (Å²) in [6.07, 6.45) is 6.52. The zero-order valence-electron chi connectivity index (χ0n) is 17.5. The maximum Gasteiger partial charge on any atom is 0.227 e. The molecule has 0 radical (unpaired) electrons. The second-order valence-corrected chi connectivity index (χ2v) is 8.98. The number of piperidine rings is 2. The predicted molar refractivity (Wildman–Crippen MR) is 113 cm³/mol. The van der Waals surface area contributed by atoms with Gasteiger partial charge in [0.25, 0.3) is 0 Å². The number of rotatable bonds is 4. The number of benzene rings is 1. The van der Waals surface area contributed by atoms with Crippen molar-refractivity contribution in [3.8, 4) is 11.5 Å². The molecule has 162 valence electrons. The summed E-state index contributed by atoms with van der Waals surface area (Å²) in [5.41, 5.74) is 0.768. The van der Waals surface area contributed by atoms with E-state index < -0.39 is 0 Å². The summed E-state index contributed by atoms with van der Waals surface area (Å²) in [5.74, 6) is 1.61. The highest BCUT2D eigenvalue weighted by Crippen LogP contribution is 2.36. The second kappa shape index (κ2) is 8.46. The minimum absolute atomic E-state index is 0.0105. The molecular weight excluding hydrogens is 382 g/mol. The van der Waals surface area contributed by atoms with E-state index in [-0.39, 0.29) is 24.2 Å². The number of ether oxygens (including phenoxy) is 2. The molecule has 0 saturated carbocycles. The number of amides is 2. The average Bonchev–Trinajstić information content (AvgIpc) is 3.19. The van der Waals surface area contributed by atoms with Gasteiger partial charge in [-0.1, -0.05) is 6.42 Å². The van der Waals surface area contributed by atoms with Crippen molar-refractivity contribution in [2.75, 3.05) is 44.3 Å². The Labute approximate surface area is 177 Å². The van der Waals surface area contributed by atoms with Crippen LogP contribution >= 0.6 is 0 Å². The van der Waals surface area contributed by atoms with Crippen molar-refractivity contribution in [1.82, 2.24) is 10.2 Å². The number of carbonyl (C=O) groups is 2. The summed E-state index contributed by atoms with van der Waals surface area (Å²) in [4.78, 5) is 29.8. The van der Waals surface area contributed by atoms with Crippen LogP contribution in [0.25, 0.3) is 0 Å². The first-order chi connectivity index (χ1) is 14.7. The maximum atomic E-state index is 12.9. The second-order valence-electron chi connectivity index (χ2n) is 8.98. The van der Waals surface area contributed by atoms with E-state index in [1.165, 1.54) is 45.2 Å². The lowest BCUT2D eigenvalue weighted by Gasteiger charge is -2.44. The molecule has 3 atom stereocenters. The Morgan fingerprint density at radius 3 is 2.80 bits per heavy atom. The van der Waals surface area contributed by atoms with E-state index >= 15 is 0 Å². The molecular formula is C23H31N3O4. The number of hydrogen-bond acceptors (Lipinski definition) is 5. The van der Waals surface area contributed by atoms with Crippen LogP contribution < -0.4 is 19.7 Å². The number of carbonyl (C=O) groups excluding carboxylic acids is 2. The van der Waals surface area contributed by atoms with Crippen LogP contribution in [0.15, 0.2) is 18.2 Å². The van der Waals surface area contributed by atoms with Crippen molar-refractivity contribution >= 4 is 17.5 Å². The zero-order chi connectivity index (χ0) is 20.5. The van der Waals surface area contributed by atoms with Crippen molar-refractivity contribution in [2.45, 2.75) is 44.6 Å². The fourth-order valence-corrected chi connectivity index (χ4v) is 5.52. The van der Waals surface area contributed by atoms with Gasteiger partial charge < -0.3 is 24.6 Å². The highest BCUT2D eigenvalue weighted by atomic mass is 16.6. The smallest absolute Gasteiger partial charge is 0.227 e. The van der Waals surface area contributed by atoms with Gasteiger partial charge in [-0.3, -0.25) is 9.59 Å². The number of hydrogen-bond donors (Lipinski definition) is 1. The van der Waals surface area contributed by atoms with Crippen molar-refractivity contribution in [1.29, 1.82) is 0 Å². The molecule has 4 aliphatic rings. The van der Waals surface area contributed by atoms with Gasteiger partial charge in [-0.05, 0) is 56.8 Å². The van der Waals surface area contributed by atoms with Gasteiger partial charge in [0, 0.05) is 37.3 Å². The van der Waals surface area contributed by atoms with E-state index in [9.17, 15) is 9.59 Å². The van der Waals surface area contributed by atoms with E-state index in [1.807, 2.05) is 18.2 Å². The van der Waals surface area contributed by atoms with Gasteiger partial charge in [-0.15, -0.1) is 0 Å². The molecule has 30 heavy (non-hydrogen) atoms. The average molecular weight is 414 g/mol. The van der Waals surface area contributed by atoms with Crippen LogP contribution in [0.2, 0.25) is 0 Å². The molecule has 0 aromatic heterocycles. The zero-order valence-corrected chi connectivity index (χ0v) is 17.5. The monoisotopic (exact) mass is 413 g/mol. The molecule has 1 aromatic carbocycles. The summed E-state index contributed by atoms with van der Waals surface area (Å²) in [6, 6.07) is 6.16. The van der Waals surface area contributed by atoms with Crippen molar-refractivity contribution < 1.29 is 19.1 Å². The van der Waals surface area contributed by atoms with Gasteiger partial charge in [0.05, 0.1) is 5.92 Å². The lowest BCUT2D eigenvalue weighted by Crippen LogP contribution is -2.51. The molecule has 3 fully saturated rings. The van der Waals surface area contributed by atoms with Crippen molar-refractivity contribution in [2.24, 2.45) is 11.8 Å². The molecule has 1 aromatic rings. The summed E-state index contributed by atoms with van der Waals surface area (Å²) >= 11 is 0. The fraction of sp³-hybridized carbons (Fsp3) is 0.652. The van der Waals surface area contributed by atoms with E-state index in [4.69, 9.17) is 9.47 Å². The van der Waals surface area contributed by atoms with Gasteiger partial charge in [-0.25, -0.2) is 0 Å². The minimum atomic E-state index is -0.295. The number of nitrogens with one attached hydrogen (secondary N) is 1. The first kappa shape index (κ1) is 19.7. The lowest BCUT2D eigenvalue weighted by atomic mass is 9.83. The summed E-state index contributed by atoms with van der Waals surface area (Å²) in [5, 5.41) is 3.18. The maximum absolute atomic E-state index is 12.9. The molecule has 0 spiro atoms. The minimum Gasteiger partial charge on any atom is -0.486 e. The molecule has 0 bridgehead atoms. The number of nitrogens with zero attached hydrogens (tertiary/aromatic N) is 2. The molecule has 1 N–H and O–H groups in total. The van der Waals surface area contributed by atoms with E-state index in [1.54, 1.807) is 4.90 Å². The molecule has 7 nitrogen and oxygen atoms in total. The molecule has 5 rings (SSSR count). The van der Waals surface area contributed by atoms with Gasteiger partial charge in [0.15, 0.2) is 11.5 Å². The van der Waals surface area contributed by atoms with Gasteiger partial charge in [0.2, 0.25) is 11.8 Å². The third kappa shape index (κ3) is 3.87. The molecule has 4 aliphatic heterocycles. The molecule has 2 amide bonds. The molecule has 4 heterocycles. The largest absolute Gasteiger partial charge is 0.486 e. The Morgan fingerprint density at radius 2 is 1.90 bits per heavy atom. The normalized spacial score (nSPS) is 28.9. The SMILES string of the molecule is O=C(NC[C@@H]1CCCN2CCCC[C@H]12)[C@H]1CC(=O)N(c2ccc3c(c2)OCCO3)C1. The van der Waals surface area contributed by atoms with Crippen LogP contribution in [0.5, 0.6) is 11.5 Å². The van der Waals surface area contributed by atoms with E-state index in [0.29, 0.717) is 43.2 Å². The van der Waals surface area contributed by atoms with Crippen LogP contribution in [-0.4, -0.2) is 62.1 Å². The van der Waals surface area contributed by atoms with E-state index in [0.717, 1.165) is 12.2 Å². The van der Waals surface area contributed by atoms with Crippen LogP contribution in [0.1, 0.15) is 38.5 Å². The Balaban J connectivity index is 1.19. The van der Waals surface area contributed by atoms with E-state index in [2.05, 4.69) is 10.2 Å². The van der Waals surface area contributed by atoms with Crippen LogP contribution in [0.4, 0.5) is 5.69 Å². The highest BCUT2D eigenvalue weighted by molar-refractivity contribution is 6.00. The van der Waals surface area contributed by atoms with Crippen molar-refractivity contribution in [3.63, 3.8) is 0 Å². The van der Waals surface area contributed by atoms with Crippen LogP contribution in [0, 0.1) is 11.8 Å². The first-order valence-electron chi connectivity index (χ1n) is 11.4. The first-order valence-corrected chi connectivity index (χ1v) is 11.4. The summed E-state index contributed by atoms with van der Waals surface area (Å²) in [7, 11) is 0. The van der Waals surface area contributed by atoms with Gasteiger partial charge in [-0.2, -0.15) is 0 Å². The third-order valence-electron chi connectivity index (χ3n) is 7.10. The molecule has 0 unspecified atom stereocenters. The number of anilines is 1. The number of fused-ring (bicyclic) bond motifs is 2. The molecule has 7 heteroatoms. The Hall–Kier alpha value is -2.28. The molecule has 0 aliphatic carbocycles. The summed E-state index contributed by atoms with van der Waals surface area (Å²) < 4.78 is 11.2. The Kier molecular flexibility index (Phi) is 5.54. The quantitative estimate of drug-likeness (QED) is 0.819. The standard InChI is InChI=1S/C23H31N3O4/c27-22-12-17(15-26(22)18-6-7-20-21(13-18)30-11-10-29-20)23(28)24-14-16-4-3-9-25-8-2-1-5-19(16)25/h6-7,13,16-17,19H,1-5,8-12,14-15H2,(H,24,28)/t16-,17-,19+/m0/s1. The van der Waals surface area contributed by atoms with Crippen molar-refractivity contribution in [3.05, 3.63) is 18.2 Å². The summed E-state index contributed by atoms with van der Waals surface area (Å²) in [6.45, 7) is 4.61. The predicted octanol–water partition coefficient (Wildman–Crippen LogP) is 2.19. The van der Waals surface area contributed by atoms with Gasteiger partial charge in [0.1, 0.15) is 13.2 Å². The van der Waals surface area contributed by atoms with Crippen LogP contribution in [0.3, 0.4) is 0 Å². The highest BCUT2D eigenvalue weighted by Gasteiger charge is 2.37. The topological polar surface area (TPSA) is 71.1 Å². The Morgan fingerprint density at radius 1 is 1.07 bits per heavy atom.